The van der Waals surface area contributed by atoms with Gasteiger partial charge in [0.25, 0.3) is 5.91 Å². The summed E-state index contributed by atoms with van der Waals surface area (Å²) in [4.78, 5) is 21.5. The van der Waals surface area contributed by atoms with Gasteiger partial charge >= 0.3 is 0 Å². The smallest absolute Gasteiger partial charge is 0.254 e. The molecule has 3 aromatic rings. The van der Waals surface area contributed by atoms with Gasteiger partial charge in [-0.05, 0) is 42.8 Å². The van der Waals surface area contributed by atoms with Crippen LogP contribution in [0.15, 0.2) is 42.5 Å². The predicted octanol–water partition coefficient (Wildman–Crippen LogP) is 4.93. The topological polar surface area (TPSA) is 49.3 Å². The van der Waals surface area contributed by atoms with Crippen LogP contribution in [0.5, 0.6) is 0 Å². The molecule has 1 saturated heterocycles. The fourth-order valence-corrected chi connectivity index (χ4v) is 4.75. The highest BCUT2D eigenvalue weighted by atomic mass is 35.5. The lowest BCUT2D eigenvalue weighted by Gasteiger charge is -2.39. The van der Waals surface area contributed by atoms with Gasteiger partial charge in [-0.15, -0.1) is 0 Å². The number of hydrogen-bond acceptors (Lipinski definition) is 5. The third-order valence-electron chi connectivity index (χ3n) is 5.00. The molecular weight excluding hydrogens is 446 g/mol. The molecular formula is C21H19Cl2FN4OS. The van der Waals surface area contributed by atoms with Crippen molar-refractivity contribution in [1.29, 1.82) is 0 Å². The van der Waals surface area contributed by atoms with E-state index < -0.39 is 0 Å². The number of carbonyl (C=O) groups excluding carboxylic acids is 1. The molecule has 0 saturated carbocycles. The van der Waals surface area contributed by atoms with Crippen LogP contribution in [0.4, 0.5) is 9.52 Å². The summed E-state index contributed by atoms with van der Waals surface area (Å²) in [5.41, 5.74) is 1.45. The number of nitrogens with zero attached hydrogens (tertiary/aromatic N) is 4. The molecule has 1 atom stereocenters. The Labute approximate surface area is 188 Å². The summed E-state index contributed by atoms with van der Waals surface area (Å²) >= 11 is 13.4. The van der Waals surface area contributed by atoms with E-state index in [0.29, 0.717) is 47.5 Å². The molecule has 9 heteroatoms. The molecule has 0 aliphatic carbocycles. The van der Waals surface area contributed by atoms with Gasteiger partial charge in [0.05, 0.1) is 0 Å². The van der Waals surface area contributed by atoms with Crippen molar-refractivity contribution < 1.29 is 9.18 Å². The monoisotopic (exact) mass is 464 g/mol. The zero-order valence-corrected chi connectivity index (χ0v) is 18.5. The number of hydrogen-bond donors (Lipinski definition) is 0. The van der Waals surface area contributed by atoms with Gasteiger partial charge in [-0.3, -0.25) is 4.79 Å². The van der Waals surface area contributed by atoms with Crippen molar-refractivity contribution in [1.82, 2.24) is 14.3 Å². The maximum Gasteiger partial charge on any atom is 0.254 e. The van der Waals surface area contributed by atoms with Crippen molar-refractivity contribution in [2.24, 2.45) is 0 Å². The molecule has 0 bridgehead atoms. The minimum absolute atomic E-state index is 0.00606. The van der Waals surface area contributed by atoms with E-state index in [1.807, 2.05) is 11.8 Å². The van der Waals surface area contributed by atoms with Crippen molar-refractivity contribution in [3.8, 4) is 0 Å². The van der Waals surface area contributed by atoms with E-state index in [9.17, 15) is 9.18 Å². The average molecular weight is 465 g/mol. The van der Waals surface area contributed by atoms with Crippen molar-refractivity contribution in [2.75, 3.05) is 24.5 Å². The van der Waals surface area contributed by atoms with E-state index in [1.54, 1.807) is 30.3 Å². The Morgan fingerprint density at radius 1 is 1.17 bits per heavy atom. The predicted molar refractivity (Wildman–Crippen MR) is 118 cm³/mol. The zero-order valence-electron chi connectivity index (χ0n) is 16.2. The molecule has 1 fully saturated rings. The number of carbonyl (C=O) groups is 1. The molecule has 1 aliphatic rings. The highest BCUT2D eigenvalue weighted by Crippen LogP contribution is 2.25. The first-order valence-electron chi connectivity index (χ1n) is 9.48. The Morgan fingerprint density at radius 2 is 1.87 bits per heavy atom. The molecule has 0 spiro atoms. The van der Waals surface area contributed by atoms with Crippen LogP contribution in [0.1, 0.15) is 28.7 Å². The van der Waals surface area contributed by atoms with Crippen LogP contribution in [0.25, 0.3) is 0 Å². The normalized spacial score (nSPS) is 16.7. The summed E-state index contributed by atoms with van der Waals surface area (Å²) in [7, 11) is 0. The molecule has 0 N–H and O–H groups in total. The fraction of sp³-hybridized carbons (Fsp3) is 0.286. The van der Waals surface area contributed by atoms with Gasteiger partial charge in [0.2, 0.25) is 5.13 Å². The molecule has 1 amide bonds. The second kappa shape index (κ2) is 8.88. The maximum atomic E-state index is 13.1. The summed E-state index contributed by atoms with van der Waals surface area (Å²) in [6, 6.07) is 11.2. The molecule has 1 unspecified atom stereocenters. The van der Waals surface area contributed by atoms with Crippen LogP contribution in [0.2, 0.25) is 10.0 Å². The second-order valence-corrected chi connectivity index (χ2v) is 8.85. The van der Waals surface area contributed by atoms with E-state index in [1.165, 1.54) is 23.7 Å². The summed E-state index contributed by atoms with van der Waals surface area (Å²) in [6.45, 7) is 3.90. The SMILES string of the molecule is CC1CN(c2nc(Cc3ccc(F)cc3)ns2)CCN1C(=O)c1cc(Cl)cc(Cl)c1. The molecule has 2 aromatic carbocycles. The number of piperazine rings is 1. The Balaban J connectivity index is 1.41. The van der Waals surface area contributed by atoms with Crippen LogP contribution in [0, 0.1) is 5.82 Å². The van der Waals surface area contributed by atoms with Crippen molar-refractivity contribution in [3.05, 3.63) is 75.3 Å². The van der Waals surface area contributed by atoms with E-state index in [4.69, 9.17) is 23.2 Å². The van der Waals surface area contributed by atoms with E-state index in [2.05, 4.69) is 14.3 Å². The molecule has 1 aromatic heterocycles. The Morgan fingerprint density at radius 3 is 2.53 bits per heavy atom. The summed E-state index contributed by atoms with van der Waals surface area (Å²) in [5.74, 6) is 0.370. The van der Waals surface area contributed by atoms with Gasteiger partial charge in [0.15, 0.2) is 0 Å². The standard InChI is InChI=1S/C21H19Cl2FN4OS/c1-13-12-27(6-7-28(13)20(29)15-9-16(22)11-17(23)10-15)21-25-19(26-30-21)8-14-2-4-18(24)5-3-14/h2-5,9-11,13H,6-8,12H2,1H3. The quantitative estimate of drug-likeness (QED) is 0.549. The van der Waals surface area contributed by atoms with Gasteiger partial charge in [-0.25, -0.2) is 9.37 Å². The lowest BCUT2D eigenvalue weighted by molar-refractivity contribution is 0.0674. The van der Waals surface area contributed by atoms with Crippen LogP contribution in [-0.2, 0) is 6.42 Å². The second-order valence-electron chi connectivity index (χ2n) is 7.25. The van der Waals surface area contributed by atoms with E-state index >= 15 is 0 Å². The van der Waals surface area contributed by atoms with E-state index in [-0.39, 0.29) is 17.8 Å². The minimum atomic E-state index is -0.257. The third-order valence-corrected chi connectivity index (χ3v) is 6.25. The fourth-order valence-electron chi connectivity index (χ4n) is 3.51. The summed E-state index contributed by atoms with van der Waals surface area (Å²) in [5, 5.41) is 1.72. The van der Waals surface area contributed by atoms with Crippen LogP contribution >= 0.6 is 34.7 Å². The maximum absolute atomic E-state index is 13.1. The first kappa shape index (κ1) is 21.0. The number of amides is 1. The van der Waals surface area contributed by atoms with Gasteiger partial charge in [0.1, 0.15) is 11.6 Å². The van der Waals surface area contributed by atoms with E-state index in [0.717, 1.165) is 10.7 Å². The Hall–Kier alpha value is -2.22. The number of benzene rings is 2. The van der Waals surface area contributed by atoms with Gasteiger partial charge < -0.3 is 9.80 Å². The van der Waals surface area contributed by atoms with Gasteiger partial charge in [0, 0.05) is 59.2 Å². The van der Waals surface area contributed by atoms with Crippen molar-refractivity contribution >= 4 is 45.8 Å². The first-order valence-corrected chi connectivity index (χ1v) is 11.0. The summed E-state index contributed by atoms with van der Waals surface area (Å²) < 4.78 is 17.5. The van der Waals surface area contributed by atoms with Crippen molar-refractivity contribution in [2.45, 2.75) is 19.4 Å². The Kier molecular flexibility index (Phi) is 6.22. The minimum Gasteiger partial charge on any atom is -0.343 e. The number of anilines is 1. The molecule has 156 valence electrons. The lowest BCUT2D eigenvalue weighted by Crippen LogP contribution is -2.54. The summed E-state index contributed by atoms with van der Waals surface area (Å²) in [6.07, 6.45) is 0.556. The average Bonchev–Trinajstić information content (AvgIpc) is 3.17. The highest BCUT2D eigenvalue weighted by Gasteiger charge is 2.30. The van der Waals surface area contributed by atoms with Crippen molar-refractivity contribution in [3.63, 3.8) is 0 Å². The van der Waals surface area contributed by atoms with Crippen LogP contribution < -0.4 is 4.90 Å². The van der Waals surface area contributed by atoms with Crippen LogP contribution in [0.3, 0.4) is 0 Å². The number of aromatic nitrogens is 2. The number of halogens is 3. The molecule has 5 nitrogen and oxygen atoms in total. The molecule has 1 aliphatic heterocycles. The first-order chi connectivity index (χ1) is 14.4. The molecule has 4 rings (SSSR count). The van der Waals surface area contributed by atoms with Gasteiger partial charge in [-0.1, -0.05) is 35.3 Å². The molecule has 30 heavy (non-hydrogen) atoms. The largest absolute Gasteiger partial charge is 0.343 e. The zero-order chi connectivity index (χ0) is 21.3. The highest BCUT2D eigenvalue weighted by molar-refractivity contribution is 7.09. The van der Waals surface area contributed by atoms with Gasteiger partial charge in [-0.2, -0.15) is 4.37 Å². The lowest BCUT2D eigenvalue weighted by atomic mass is 10.1. The van der Waals surface area contributed by atoms with Crippen LogP contribution in [-0.4, -0.2) is 45.8 Å². The molecule has 0 radical (unpaired) electrons. The molecule has 2 heterocycles. The Bertz CT molecular complexity index is 1040. The number of rotatable bonds is 4. The third kappa shape index (κ3) is 4.74.